The maximum Gasteiger partial charge on any atom is 0.251 e. The number of hydrogen-bond donors (Lipinski definition) is 2. The first-order chi connectivity index (χ1) is 11.5. The van der Waals surface area contributed by atoms with Crippen LogP contribution in [0.1, 0.15) is 28.8 Å². The van der Waals surface area contributed by atoms with Crippen LogP contribution in [0, 0.1) is 6.92 Å². The zero-order chi connectivity index (χ0) is 17.2. The summed E-state index contributed by atoms with van der Waals surface area (Å²) in [7, 11) is 0. The Morgan fingerprint density at radius 1 is 1.38 bits per heavy atom. The van der Waals surface area contributed by atoms with Gasteiger partial charge in [0.25, 0.3) is 5.91 Å². The summed E-state index contributed by atoms with van der Waals surface area (Å²) in [5, 5.41) is 24.1. The summed E-state index contributed by atoms with van der Waals surface area (Å²) in [6, 6.07) is 10.3. The van der Waals surface area contributed by atoms with E-state index in [-0.39, 0.29) is 12.5 Å². The molecule has 0 saturated heterocycles. The van der Waals surface area contributed by atoms with E-state index in [2.05, 4.69) is 20.8 Å². The van der Waals surface area contributed by atoms with E-state index in [0.717, 1.165) is 0 Å². The van der Waals surface area contributed by atoms with Crippen molar-refractivity contribution >= 4 is 5.91 Å². The van der Waals surface area contributed by atoms with Crippen LogP contribution in [0.3, 0.4) is 0 Å². The van der Waals surface area contributed by atoms with Crippen molar-refractivity contribution in [2.45, 2.75) is 19.4 Å². The van der Waals surface area contributed by atoms with Crippen molar-refractivity contribution in [1.29, 1.82) is 0 Å². The minimum atomic E-state index is -1.29. The summed E-state index contributed by atoms with van der Waals surface area (Å²) in [4.78, 5) is 12.3. The maximum atomic E-state index is 12.3. The summed E-state index contributed by atoms with van der Waals surface area (Å²) in [6.45, 7) is 3.40. The Bertz CT molecular complexity index is 839. The number of carbonyl (C=O) groups excluding carboxylic acids is 1. The molecule has 2 aromatic heterocycles. The lowest BCUT2D eigenvalue weighted by Gasteiger charge is -2.21. The first kappa shape index (κ1) is 15.9. The van der Waals surface area contributed by atoms with Crippen LogP contribution in [0.15, 0.2) is 47.1 Å². The molecule has 0 spiro atoms. The van der Waals surface area contributed by atoms with E-state index in [1.807, 2.05) is 0 Å². The van der Waals surface area contributed by atoms with Gasteiger partial charge in [0.1, 0.15) is 23.4 Å². The average Bonchev–Trinajstić information content (AvgIpc) is 3.24. The molecule has 0 aliphatic heterocycles. The number of furan rings is 1. The van der Waals surface area contributed by atoms with Gasteiger partial charge in [0.15, 0.2) is 0 Å². The number of nitrogens with one attached hydrogen (secondary N) is 1. The Hall–Kier alpha value is -3.00. The summed E-state index contributed by atoms with van der Waals surface area (Å²) in [6.07, 6.45) is 1.45. The van der Waals surface area contributed by atoms with Crippen molar-refractivity contribution in [2.24, 2.45) is 0 Å². The van der Waals surface area contributed by atoms with Gasteiger partial charge >= 0.3 is 0 Å². The highest BCUT2D eigenvalue weighted by Gasteiger charge is 2.27. The summed E-state index contributed by atoms with van der Waals surface area (Å²) < 4.78 is 6.88. The van der Waals surface area contributed by atoms with Gasteiger partial charge in [0, 0.05) is 5.56 Å². The zero-order valence-electron chi connectivity index (χ0n) is 13.3. The lowest BCUT2D eigenvalue weighted by molar-refractivity contribution is 0.0323. The van der Waals surface area contributed by atoms with Crippen molar-refractivity contribution in [2.75, 3.05) is 6.54 Å². The van der Waals surface area contributed by atoms with Gasteiger partial charge in [0.05, 0.1) is 12.2 Å². The number of aromatic nitrogens is 4. The van der Waals surface area contributed by atoms with Crippen molar-refractivity contribution < 1.29 is 14.3 Å². The fourth-order valence-electron chi connectivity index (χ4n) is 2.23. The zero-order valence-corrected chi connectivity index (χ0v) is 13.3. The molecule has 0 bridgehead atoms. The Labute approximate surface area is 138 Å². The Balaban J connectivity index is 1.70. The van der Waals surface area contributed by atoms with E-state index < -0.39 is 5.60 Å². The monoisotopic (exact) mass is 327 g/mol. The molecule has 2 N–H and O–H groups in total. The molecule has 0 aliphatic carbocycles. The van der Waals surface area contributed by atoms with E-state index in [1.165, 1.54) is 11.0 Å². The van der Waals surface area contributed by atoms with E-state index in [1.54, 1.807) is 50.2 Å². The van der Waals surface area contributed by atoms with Gasteiger partial charge in [-0.15, -0.1) is 5.10 Å². The van der Waals surface area contributed by atoms with Gasteiger partial charge in [-0.2, -0.15) is 0 Å². The fraction of sp³-hybridized carbons (Fsp3) is 0.250. The number of nitrogens with zero attached hydrogens (tertiary/aromatic N) is 4. The van der Waals surface area contributed by atoms with Crippen molar-refractivity contribution in [3.05, 3.63) is 59.8 Å². The highest BCUT2D eigenvalue weighted by atomic mass is 16.4. The molecular weight excluding hydrogens is 310 g/mol. The van der Waals surface area contributed by atoms with Crippen LogP contribution in [-0.2, 0) is 5.60 Å². The van der Waals surface area contributed by atoms with Gasteiger partial charge in [-0.05, 0) is 54.6 Å². The molecule has 1 amide bonds. The van der Waals surface area contributed by atoms with Crippen molar-refractivity contribution in [1.82, 2.24) is 25.5 Å². The lowest BCUT2D eigenvalue weighted by atomic mass is 10.0. The number of carbonyl (C=O) groups is 1. The Kier molecular flexibility index (Phi) is 4.13. The van der Waals surface area contributed by atoms with Crippen LogP contribution < -0.4 is 5.32 Å². The van der Waals surface area contributed by atoms with Crippen molar-refractivity contribution in [3.63, 3.8) is 0 Å². The third-order valence-corrected chi connectivity index (χ3v) is 3.59. The number of tetrazole rings is 1. The molecule has 0 fully saturated rings. The molecule has 124 valence electrons. The molecule has 0 radical (unpaired) electrons. The fourth-order valence-corrected chi connectivity index (χ4v) is 2.23. The van der Waals surface area contributed by atoms with Gasteiger partial charge < -0.3 is 14.8 Å². The quantitative estimate of drug-likeness (QED) is 0.729. The van der Waals surface area contributed by atoms with E-state index >= 15 is 0 Å². The minimum absolute atomic E-state index is 0.0217. The predicted octanol–water partition coefficient (Wildman–Crippen LogP) is 1.20. The van der Waals surface area contributed by atoms with Crippen LogP contribution in [0.25, 0.3) is 5.69 Å². The molecule has 1 unspecified atom stereocenters. The molecule has 1 aromatic carbocycles. The number of rotatable bonds is 5. The largest absolute Gasteiger partial charge is 0.463 e. The molecule has 8 heteroatoms. The van der Waals surface area contributed by atoms with Gasteiger partial charge in [-0.1, -0.05) is 6.07 Å². The Morgan fingerprint density at radius 2 is 2.21 bits per heavy atom. The normalized spacial score (nSPS) is 13.5. The first-order valence-electron chi connectivity index (χ1n) is 7.37. The van der Waals surface area contributed by atoms with E-state index in [9.17, 15) is 9.90 Å². The number of hydrogen-bond acceptors (Lipinski definition) is 6. The van der Waals surface area contributed by atoms with Gasteiger partial charge in [-0.25, -0.2) is 4.68 Å². The van der Waals surface area contributed by atoms with Crippen LogP contribution in [0.4, 0.5) is 0 Å². The second-order valence-electron chi connectivity index (χ2n) is 5.67. The van der Waals surface area contributed by atoms with Crippen LogP contribution in [-0.4, -0.2) is 37.8 Å². The number of aryl methyl sites for hydroxylation is 1. The predicted molar refractivity (Wildman–Crippen MR) is 84.5 cm³/mol. The molecule has 3 aromatic rings. The summed E-state index contributed by atoms with van der Waals surface area (Å²) >= 11 is 0. The van der Waals surface area contributed by atoms with E-state index in [0.29, 0.717) is 22.8 Å². The Morgan fingerprint density at radius 3 is 2.88 bits per heavy atom. The van der Waals surface area contributed by atoms with Crippen LogP contribution in [0.5, 0.6) is 0 Å². The molecule has 3 rings (SSSR count). The third kappa shape index (κ3) is 3.33. The topological polar surface area (TPSA) is 106 Å². The number of aliphatic hydroxyl groups is 1. The second kappa shape index (κ2) is 6.25. The minimum Gasteiger partial charge on any atom is -0.463 e. The van der Waals surface area contributed by atoms with E-state index in [4.69, 9.17) is 4.42 Å². The molecule has 0 saturated carbocycles. The summed E-state index contributed by atoms with van der Waals surface area (Å²) in [5.74, 6) is 0.793. The number of benzene rings is 1. The highest BCUT2D eigenvalue weighted by Crippen LogP contribution is 2.22. The molecular formula is C16H17N5O3. The van der Waals surface area contributed by atoms with Gasteiger partial charge in [-0.3, -0.25) is 4.79 Å². The van der Waals surface area contributed by atoms with Crippen LogP contribution in [0.2, 0.25) is 0 Å². The summed E-state index contributed by atoms with van der Waals surface area (Å²) in [5.41, 5.74) is -0.187. The van der Waals surface area contributed by atoms with Crippen molar-refractivity contribution in [3.8, 4) is 5.69 Å². The maximum absolute atomic E-state index is 12.3. The number of amides is 1. The van der Waals surface area contributed by atoms with Gasteiger partial charge in [0.2, 0.25) is 0 Å². The SMILES string of the molecule is Cc1ccc(C(C)(O)CNC(=O)c2cccc(-n3cnnn3)c2)o1. The van der Waals surface area contributed by atoms with Crippen LogP contribution >= 0.6 is 0 Å². The molecule has 0 aliphatic rings. The second-order valence-corrected chi connectivity index (χ2v) is 5.67. The lowest BCUT2D eigenvalue weighted by Crippen LogP contribution is -2.38. The standard InChI is InChI=1S/C16H17N5O3/c1-11-6-7-14(24-11)16(2,23)9-17-15(22)12-4-3-5-13(8-12)21-10-18-19-20-21/h3-8,10,23H,9H2,1-2H3,(H,17,22). The molecule has 1 atom stereocenters. The molecule has 8 nitrogen and oxygen atoms in total. The molecule has 24 heavy (non-hydrogen) atoms. The third-order valence-electron chi connectivity index (χ3n) is 3.59. The average molecular weight is 327 g/mol. The first-order valence-corrected chi connectivity index (χ1v) is 7.37. The smallest absolute Gasteiger partial charge is 0.251 e. The molecule has 2 heterocycles. The highest BCUT2D eigenvalue weighted by molar-refractivity contribution is 5.94.